The third-order valence-corrected chi connectivity index (χ3v) is 3.62. The Morgan fingerprint density at radius 3 is 2.95 bits per heavy atom. The van der Waals surface area contributed by atoms with Gasteiger partial charge in [0.2, 0.25) is 0 Å². The van der Waals surface area contributed by atoms with Crippen LogP contribution in [0.5, 0.6) is 0 Å². The molecule has 0 spiro atoms. The molecule has 2 aromatic rings. The van der Waals surface area contributed by atoms with Crippen molar-refractivity contribution >= 4 is 17.3 Å². The Bertz CT molecular complexity index is 557. The summed E-state index contributed by atoms with van der Waals surface area (Å²) in [7, 11) is 0. The van der Waals surface area contributed by atoms with Crippen LogP contribution in [0.2, 0.25) is 0 Å². The van der Waals surface area contributed by atoms with Gasteiger partial charge in [0, 0.05) is 17.1 Å². The van der Waals surface area contributed by atoms with Gasteiger partial charge in [-0.2, -0.15) is 0 Å². The van der Waals surface area contributed by atoms with Crippen LogP contribution in [0.4, 0.5) is 0 Å². The minimum Gasteiger partial charge on any atom is -0.370 e. The molecule has 0 amide bonds. The number of nitrogens with two attached hydrogens (primary N) is 1. The van der Waals surface area contributed by atoms with Crippen molar-refractivity contribution in [2.24, 2.45) is 10.7 Å². The van der Waals surface area contributed by atoms with Gasteiger partial charge >= 0.3 is 0 Å². The summed E-state index contributed by atoms with van der Waals surface area (Å²) < 4.78 is 0. The molecule has 0 aromatic carbocycles. The van der Waals surface area contributed by atoms with Gasteiger partial charge in [0.1, 0.15) is 5.82 Å². The zero-order chi connectivity index (χ0) is 14.4. The van der Waals surface area contributed by atoms with Crippen molar-refractivity contribution in [3.05, 3.63) is 45.7 Å². The summed E-state index contributed by atoms with van der Waals surface area (Å²) in [6.45, 7) is 5.09. The van der Waals surface area contributed by atoms with E-state index in [1.54, 1.807) is 11.3 Å². The monoisotopic (exact) mass is 289 g/mol. The van der Waals surface area contributed by atoms with Crippen molar-refractivity contribution in [1.82, 2.24) is 15.3 Å². The average Bonchev–Trinajstić information content (AvgIpc) is 2.88. The summed E-state index contributed by atoms with van der Waals surface area (Å²) in [5.74, 6) is 1.22. The maximum Gasteiger partial charge on any atom is 0.188 e. The first-order chi connectivity index (χ1) is 9.63. The van der Waals surface area contributed by atoms with E-state index in [0.29, 0.717) is 12.5 Å². The van der Waals surface area contributed by atoms with E-state index in [1.165, 1.54) is 4.88 Å². The molecule has 0 saturated carbocycles. The van der Waals surface area contributed by atoms with E-state index >= 15 is 0 Å². The van der Waals surface area contributed by atoms with E-state index < -0.39 is 0 Å². The van der Waals surface area contributed by atoms with Crippen molar-refractivity contribution in [2.45, 2.75) is 26.8 Å². The second-order valence-electron chi connectivity index (χ2n) is 4.51. The van der Waals surface area contributed by atoms with Crippen LogP contribution in [0.25, 0.3) is 0 Å². The first-order valence-electron chi connectivity index (χ1n) is 6.51. The highest BCUT2D eigenvalue weighted by Gasteiger charge is 1.99. The average molecular weight is 289 g/mol. The van der Waals surface area contributed by atoms with Crippen LogP contribution in [0.3, 0.4) is 0 Å². The Morgan fingerprint density at radius 2 is 2.25 bits per heavy atom. The Balaban J connectivity index is 1.81. The predicted molar refractivity (Wildman–Crippen MR) is 82.9 cm³/mol. The van der Waals surface area contributed by atoms with Gasteiger partial charge in [0.05, 0.1) is 12.2 Å². The van der Waals surface area contributed by atoms with Crippen molar-refractivity contribution < 1.29 is 0 Å². The molecule has 0 aliphatic heterocycles. The normalized spacial score (nSPS) is 11.6. The molecule has 5 nitrogen and oxygen atoms in total. The molecule has 0 saturated heterocycles. The highest BCUT2D eigenvalue weighted by molar-refractivity contribution is 7.09. The van der Waals surface area contributed by atoms with E-state index in [2.05, 4.69) is 37.8 Å². The summed E-state index contributed by atoms with van der Waals surface area (Å²) in [5, 5.41) is 5.19. The molecule has 0 unspecified atom stereocenters. The molecular weight excluding hydrogens is 270 g/mol. The van der Waals surface area contributed by atoms with Crippen LogP contribution < -0.4 is 11.1 Å². The van der Waals surface area contributed by atoms with Crippen LogP contribution in [0.15, 0.2) is 28.6 Å². The van der Waals surface area contributed by atoms with E-state index in [1.807, 2.05) is 19.9 Å². The Morgan fingerprint density at radius 1 is 1.40 bits per heavy atom. The Labute approximate surface area is 123 Å². The first kappa shape index (κ1) is 14.5. The molecule has 3 N–H and O–H groups in total. The number of thiophene rings is 1. The number of aromatic nitrogens is 2. The number of guanidine groups is 1. The Kier molecular flexibility index (Phi) is 5.06. The number of hydrogen-bond acceptors (Lipinski definition) is 4. The topological polar surface area (TPSA) is 76.2 Å². The number of nitrogens with one attached hydrogen (secondary N) is 1. The maximum atomic E-state index is 5.84. The van der Waals surface area contributed by atoms with Gasteiger partial charge in [-0.05, 0) is 37.8 Å². The van der Waals surface area contributed by atoms with Crippen LogP contribution in [0, 0.1) is 13.8 Å². The smallest absolute Gasteiger partial charge is 0.188 e. The molecule has 20 heavy (non-hydrogen) atoms. The second kappa shape index (κ2) is 7.00. The lowest BCUT2D eigenvalue weighted by atomic mass is 10.3. The van der Waals surface area contributed by atoms with Crippen molar-refractivity contribution in [3.8, 4) is 0 Å². The molecule has 6 heteroatoms. The highest BCUT2D eigenvalue weighted by Crippen LogP contribution is 2.08. The summed E-state index contributed by atoms with van der Waals surface area (Å²) >= 11 is 1.75. The van der Waals surface area contributed by atoms with E-state index in [4.69, 9.17) is 5.73 Å². The predicted octanol–water partition coefficient (Wildman–Crippen LogP) is 1.80. The lowest BCUT2D eigenvalue weighted by molar-refractivity contribution is 0.846. The van der Waals surface area contributed by atoms with Gasteiger partial charge in [-0.3, -0.25) is 0 Å². The number of aryl methyl sites for hydroxylation is 2. The first-order valence-corrected chi connectivity index (χ1v) is 7.39. The van der Waals surface area contributed by atoms with Crippen LogP contribution >= 0.6 is 11.3 Å². The highest BCUT2D eigenvalue weighted by atomic mass is 32.1. The lowest BCUT2D eigenvalue weighted by Gasteiger charge is -2.05. The Hall–Kier alpha value is -1.95. The fraction of sp³-hybridized carbons (Fsp3) is 0.357. The molecule has 2 aromatic heterocycles. The van der Waals surface area contributed by atoms with Gasteiger partial charge in [0.15, 0.2) is 5.96 Å². The largest absolute Gasteiger partial charge is 0.370 e. The molecule has 2 rings (SSSR count). The minimum atomic E-state index is 0.454. The maximum absolute atomic E-state index is 5.84. The van der Waals surface area contributed by atoms with Gasteiger partial charge in [0.25, 0.3) is 0 Å². The van der Waals surface area contributed by atoms with E-state index in [-0.39, 0.29) is 0 Å². The third-order valence-electron chi connectivity index (χ3n) is 2.69. The van der Waals surface area contributed by atoms with Gasteiger partial charge < -0.3 is 11.1 Å². The number of hydrogen-bond donors (Lipinski definition) is 2. The number of rotatable bonds is 5. The molecule has 0 fully saturated rings. The summed E-state index contributed by atoms with van der Waals surface area (Å²) in [4.78, 5) is 14.2. The molecule has 2 heterocycles. The van der Waals surface area contributed by atoms with E-state index in [9.17, 15) is 0 Å². The van der Waals surface area contributed by atoms with Crippen LogP contribution in [0.1, 0.15) is 22.1 Å². The SMILES string of the molecule is Cc1cc(CN=C(N)NCCc2cccs2)nc(C)n1. The summed E-state index contributed by atoms with van der Waals surface area (Å²) in [5.41, 5.74) is 7.67. The summed E-state index contributed by atoms with van der Waals surface area (Å²) in [6, 6.07) is 6.10. The lowest BCUT2D eigenvalue weighted by Crippen LogP contribution is -2.33. The molecule has 0 radical (unpaired) electrons. The minimum absolute atomic E-state index is 0.454. The number of nitrogens with zero attached hydrogens (tertiary/aromatic N) is 3. The quantitative estimate of drug-likeness (QED) is 0.650. The zero-order valence-electron chi connectivity index (χ0n) is 11.8. The fourth-order valence-electron chi connectivity index (χ4n) is 1.87. The molecular formula is C14H19N5S. The molecule has 0 bridgehead atoms. The van der Waals surface area contributed by atoms with E-state index in [0.717, 1.165) is 30.2 Å². The van der Waals surface area contributed by atoms with Crippen LogP contribution in [-0.4, -0.2) is 22.5 Å². The molecule has 0 aliphatic carbocycles. The van der Waals surface area contributed by atoms with Crippen LogP contribution in [-0.2, 0) is 13.0 Å². The fourth-order valence-corrected chi connectivity index (χ4v) is 2.57. The summed E-state index contributed by atoms with van der Waals surface area (Å²) in [6.07, 6.45) is 0.958. The third kappa shape index (κ3) is 4.62. The standard InChI is InChI=1S/C14H19N5S/c1-10-8-12(19-11(2)18-10)9-17-14(15)16-6-5-13-4-3-7-20-13/h3-4,7-8H,5-6,9H2,1-2H3,(H3,15,16,17). The molecule has 0 atom stereocenters. The zero-order valence-corrected chi connectivity index (χ0v) is 12.6. The second-order valence-corrected chi connectivity index (χ2v) is 5.54. The van der Waals surface area contributed by atoms with Gasteiger partial charge in [-0.15, -0.1) is 11.3 Å². The number of aliphatic imine (C=N–C) groups is 1. The van der Waals surface area contributed by atoms with Gasteiger partial charge in [-0.25, -0.2) is 15.0 Å². The van der Waals surface area contributed by atoms with Gasteiger partial charge in [-0.1, -0.05) is 6.07 Å². The van der Waals surface area contributed by atoms with Crippen molar-refractivity contribution in [1.29, 1.82) is 0 Å². The molecule has 106 valence electrons. The van der Waals surface area contributed by atoms with Crippen molar-refractivity contribution in [3.63, 3.8) is 0 Å². The van der Waals surface area contributed by atoms with Crippen molar-refractivity contribution in [2.75, 3.05) is 6.54 Å². The molecule has 0 aliphatic rings.